The molecule has 4 atom stereocenters. The van der Waals surface area contributed by atoms with Crippen molar-refractivity contribution in [1.82, 2.24) is 5.32 Å². The summed E-state index contributed by atoms with van der Waals surface area (Å²) >= 11 is 1.71. The minimum absolute atomic E-state index is 0.155. The zero-order valence-electron chi connectivity index (χ0n) is 10.1. The van der Waals surface area contributed by atoms with Gasteiger partial charge in [0.2, 0.25) is 0 Å². The van der Waals surface area contributed by atoms with Gasteiger partial charge in [-0.15, -0.1) is 0 Å². The maximum absolute atomic E-state index is 9.82. The number of thioether (sulfide) groups is 1. The Bertz CT molecular complexity index is 363. The minimum Gasteiger partial charge on any atom is -0.395 e. The summed E-state index contributed by atoms with van der Waals surface area (Å²) < 4.78 is 0. The molecule has 0 radical (unpaired) electrons. The summed E-state index contributed by atoms with van der Waals surface area (Å²) in [5.74, 6) is 1.59. The van der Waals surface area contributed by atoms with Gasteiger partial charge in [0.1, 0.15) is 0 Å². The van der Waals surface area contributed by atoms with Crippen molar-refractivity contribution in [3.05, 3.63) is 35.9 Å². The van der Waals surface area contributed by atoms with Gasteiger partial charge in [0.15, 0.2) is 0 Å². The van der Waals surface area contributed by atoms with Crippen LogP contribution in [0.2, 0.25) is 0 Å². The zero-order valence-corrected chi connectivity index (χ0v) is 10.9. The molecule has 2 rings (SSSR count). The molecule has 1 aromatic rings. The molecule has 1 heterocycles. The quantitative estimate of drug-likeness (QED) is 0.604. The van der Waals surface area contributed by atoms with Crippen LogP contribution in [0.4, 0.5) is 0 Å². The molecule has 0 amide bonds. The molecular formula is C13H19NO3S. The topological polar surface area (TPSA) is 72.7 Å². The van der Waals surface area contributed by atoms with E-state index < -0.39 is 18.2 Å². The van der Waals surface area contributed by atoms with E-state index in [0.29, 0.717) is 5.75 Å². The van der Waals surface area contributed by atoms with Gasteiger partial charge in [-0.1, -0.05) is 30.3 Å². The fourth-order valence-corrected chi connectivity index (χ4v) is 3.23. The summed E-state index contributed by atoms with van der Waals surface area (Å²) in [7, 11) is 0. The lowest BCUT2D eigenvalue weighted by Crippen LogP contribution is -2.37. The molecule has 4 N–H and O–H groups in total. The highest BCUT2D eigenvalue weighted by Gasteiger charge is 2.40. The van der Waals surface area contributed by atoms with Crippen LogP contribution < -0.4 is 5.32 Å². The maximum atomic E-state index is 9.82. The number of hydrogen-bond donors (Lipinski definition) is 4. The van der Waals surface area contributed by atoms with Crippen LogP contribution in [0.5, 0.6) is 0 Å². The van der Waals surface area contributed by atoms with Crippen molar-refractivity contribution < 1.29 is 15.3 Å². The first-order valence-corrected chi connectivity index (χ1v) is 7.22. The second-order valence-corrected chi connectivity index (χ2v) is 5.57. The molecule has 1 aliphatic rings. The van der Waals surface area contributed by atoms with Crippen LogP contribution in [-0.4, -0.2) is 52.0 Å². The summed E-state index contributed by atoms with van der Waals surface area (Å²) in [6.45, 7) is -0.155. The Morgan fingerprint density at radius 2 is 1.72 bits per heavy atom. The standard InChI is InChI=1S/C13H19NO3S/c15-6-10-12(16)13(17)11(14-10)8-18-7-9-4-2-1-3-5-9/h1-5,10-17H,6-8H2. The largest absolute Gasteiger partial charge is 0.395 e. The van der Waals surface area contributed by atoms with Crippen LogP contribution >= 0.6 is 11.8 Å². The Morgan fingerprint density at radius 1 is 1.06 bits per heavy atom. The third kappa shape index (κ3) is 3.24. The van der Waals surface area contributed by atoms with E-state index in [1.165, 1.54) is 5.56 Å². The highest BCUT2D eigenvalue weighted by molar-refractivity contribution is 7.98. The van der Waals surface area contributed by atoms with Gasteiger partial charge in [-0.2, -0.15) is 11.8 Å². The molecule has 1 saturated heterocycles. The van der Waals surface area contributed by atoms with Gasteiger partial charge >= 0.3 is 0 Å². The van der Waals surface area contributed by atoms with E-state index >= 15 is 0 Å². The molecule has 1 aliphatic heterocycles. The number of rotatable bonds is 5. The van der Waals surface area contributed by atoms with Crippen molar-refractivity contribution in [2.75, 3.05) is 12.4 Å². The van der Waals surface area contributed by atoms with Gasteiger partial charge in [-0.3, -0.25) is 0 Å². The summed E-state index contributed by atoms with van der Waals surface area (Å²) in [6, 6.07) is 9.55. The molecule has 0 saturated carbocycles. The van der Waals surface area contributed by atoms with E-state index in [0.717, 1.165) is 5.75 Å². The summed E-state index contributed by atoms with van der Waals surface area (Å²) in [6.07, 6.45) is -1.68. The number of nitrogens with one attached hydrogen (secondary N) is 1. The van der Waals surface area contributed by atoms with Gasteiger partial charge < -0.3 is 20.6 Å². The van der Waals surface area contributed by atoms with E-state index in [4.69, 9.17) is 5.11 Å². The van der Waals surface area contributed by atoms with E-state index in [2.05, 4.69) is 17.4 Å². The van der Waals surface area contributed by atoms with Crippen LogP contribution in [0, 0.1) is 0 Å². The van der Waals surface area contributed by atoms with Crippen LogP contribution in [0.25, 0.3) is 0 Å². The number of benzene rings is 1. The van der Waals surface area contributed by atoms with Crippen LogP contribution in [0.1, 0.15) is 5.56 Å². The Balaban J connectivity index is 1.77. The van der Waals surface area contributed by atoms with Crippen molar-refractivity contribution in [3.8, 4) is 0 Å². The average Bonchev–Trinajstić information content (AvgIpc) is 2.68. The number of aliphatic hydroxyl groups excluding tert-OH is 3. The monoisotopic (exact) mass is 269 g/mol. The van der Waals surface area contributed by atoms with Crippen molar-refractivity contribution in [2.45, 2.75) is 30.0 Å². The Hall–Kier alpha value is -0.590. The first-order chi connectivity index (χ1) is 8.72. The van der Waals surface area contributed by atoms with Crippen LogP contribution in [-0.2, 0) is 5.75 Å². The van der Waals surface area contributed by atoms with Gasteiger partial charge in [-0.25, -0.2) is 0 Å². The Morgan fingerprint density at radius 3 is 2.33 bits per heavy atom. The molecule has 4 nitrogen and oxygen atoms in total. The van der Waals surface area contributed by atoms with Crippen molar-refractivity contribution in [2.24, 2.45) is 0 Å². The van der Waals surface area contributed by atoms with Gasteiger partial charge in [0, 0.05) is 17.5 Å². The first-order valence-electron chi connectivity index (χ1n) is 6.07. The molecule has 100 valence electrons. The van der Waals surface area contributed by atoms with E-state index in [1.54, 1.807) is 11.8 Å². The Labute approximate surface area is 111 Å². The molecule has 18 heavy (non-hydrogen) atoms. The fraction of sp³-hybridized carbons (Fsp3) is 0.538. The van der Waals surface area contributed by atoms with E-state index in [1.807, 2.05) is 18.2 Å². The predicted octanol–water partition coefficient (Wildman–Crippen LogP) is -0.0257. The summed E-state index contributed by atoms with van der Waals surface area (Å²) in [5, 5.41) is 31.6. The summed E-state index contributed by atoms with van der Waals surface area (Å²) in [5.41, 5.74) is 1.24. The first kappa shape index (κ1) is 13.8. The zero-order chi connectivity index (χ0) is 13.0. The lowest BCUT2D eigenvalue weighted by molar-refractivity contribution is 0.0219. The second kappa shape index (κ2) is 6.54. The molecule has 0 bridgehead atoms. The smallest absolute Gasteiger partial charge is 0.0989 e. The molecular weight excluding hydrogens is 250 g/mol. The summed E-state index contributed by atoms with van der Waals surface area (Å²) in [4.78, 5) is 0. The van der Waals surface area contributed by atoms with Gasteiger partial charge in [-0.05, 0) is 5.56 Å². The molecule has 1 aromatic carbocycles. The molecule has 4 unspecified atom stereocenters. The maximum Gasteiger partial charge on any atom is 0.0989 e. The Kier molecular flexibility index (Phi) is 5.03. The molecule has 5 heteroatoms. The average molecular weight is 269 g/mol. The third-order valence-corrected chi connectivity index (χ3v) is 4.34. The normalized spacial score (nSPS) is 31.7. The predicted molar refractivity (Wildman–Crippen MR) is 72.4 cm³/mol. The lowest BCUT2D eigenvalue weighted by atomic mass is 10.1. The minimum atomic E-state index is -0.877. The lowest BCUT2D eigenvalue weighted by Gasteiger charge is -2.15. The SMILES string of the molecule is OCC1NC(CSCc2ccccc2)C(O)C1O. The van der Waals surface area contributed by atoms with E-state index in [-0.39, 0.29) is 12.6 Å². The second-order valence-electron chi connectivity index (χ2n) is 4.54. The number of hydrogen-bond acceptors (Lipinski definition) is 5. The van der Waals surface area contributed by atoms with E-state index in [9.17, 15) is 10.2 Å². The van der Waals surface area contributed by atoms with Crippen LogP contribution in [0.3, 0.4) is 0 Å². The van der Waals surface area contributed by atoms with Crippen molar-refractivity contribution >= 4 is 11.8 Å². The highest BCUT2D eigenvalue weighted by atomic mass is 32.2. The third-order valence-electron chi connectivity index (χ3n) is 3.21. The highest BCUT2D eigenvalue weighted by Crippen LogP contribution is 2.20. The number of aliphatic hydroxyl groups is 3. The van der Waals surface area contributed by atoms with Gasteiger partial charge in [0.05, 0.1) is 24.9 Å². The van der Waals surface area contributed by atoms with Crippen LogP contribution in [0.15, 0.2) is 30.3 Å². The fourth-order valence-electron chi connectivity index (χ4n) is 2.13. The molecule has 0 aromatic heterocycles. The molecule has 1 fully saturated rings. The van der Waals surface area contributed by atoms with Gasteiger partial charge in [0.25, 0.3) is 0 Å². The van der Waals surface area contributed by atoms with Crippen molar-refractivity contribution in [1.29, 1.82) is 0 Å². The van der Waals surface area contributed by atoms with Crippen molar-refractivity contribution in [3.63, 3.8) is 0 Å². The molecule has 0 aliphatic carbocycles. The molecule has 0 spiro atoms.